The molecule has 0 amide bonds. The van der Waals surface area contributed by atoms with Crippen LogP contribution >= 0.6 is 34.2 Å². The third-order valence-electron chi connectivity index (χ3n) is 2.32. The first kappa shape index (κ1) is 12.6. The van der Waals surface area contributed by atoms with Gasteiger partial charge >= 0.3 is 0 Å². The van der Waals surface area contributed by atoms with E-state index >= 15 is 0 Å². The average Bonchev–Trinajstić information content (AvgIpc) is 2.30. The zero-order chi connectivity index (χ0) is 12.3. The van der Waals surface area contributed by atoms with Crippen LogP contribution in [0.3, 0.4) is 0 Å². The number of nitrogens with one attached hydrogen (secondary N) is 1. The van der Waals surface area contributed by atoms with Crippen molar-refractivity contribution in [3.63, 3.8) is 0 Å². The molecule has 0 heterocycles. The van der Waals surface area contributed by atoms with Crippen LogP contribution in [0, 0.1) is 9.39 Å². The molecule has 2 aromatic rings. The van der Waals surface area contributed by atoms with Crippen LogP contribution in [0.5, 0.6) is 0 Å². The molecule has 0 aliphatic rings. The average molecular weight is 362 g/mol. The Morgan fingerprint density at radius 2 is 2.00 bits per heavy atom. The van der Waals surface area contributed by atoms with Gasteiger partial charge in [-0.2, -0.15) is 0 Å². The van der Waals surface area contributed by atoms with Crippen LogP contribution in [-0.4, -0.2) is 0 Å². The Labute approximate surface area is 118 Å². The molecule has 2 rings (SSSR count). The van der Waals surface area contributed by atoms with Crippen molar-refractivity contribution < 1.29 is 4.39 Å². The largest absolute Gasteiger partial charge is 0.381 e. The number of anilines is 1. The SMILES string of the molecule is Fc1ccc(Cl)cc1CNc1cccc(I)c1. The van der Waals surface area contributed by atoms with Crippen molar-refractivity contribution in [2.45, 2.75) is 6.54 Å². The minimum Gasteiger partial charge on any atom is -0.381 e. The van der Waals surface area contributed by atoms with Gasteiger partial charge in [-0.15, -0.1) is 0 Å². The molecule has 0 spiro atoms. The van der Waals surface area contributed by atoms with E-state index in [4.69, 9.17) is 11.6 Å². The summed E-state index contributed by atoms with van der Waals surface area (Å²) in [7, 11) is 0. The lowest BCUT2D eigenvalue weighted by atomic mass is 10.2. The number of benzene rings is 2. The van der Waals surface area contributed by atoms with Gasteiger partial charge in [-0.05, 0) is 59.0 Å². The summed E-state index contributed by atoms with van der Waals surface area (Å²) in [6.45, 7) is 0.423. The molecule has 1 nitrogen and oxygen atoms in total. The van der Waals surface area contributed by atoms with Crippen LogP contribution in [0.25, 0.3) is 0 Å². The van der Waals surface area contributed by atoms with E-state index in [-0.39, 0.29) is 5.82 Å². The predicted octanol–water partition coefficient (Wildman–Crippen LogP) is 4.70. The predicted molar refractivity (Wildman–Crippen MR) is 77.9 cm³/mol. The first-order chi connectivity index (χ1) is 8.15. The Morgan fingerprint density at radius 3 is 2.76 bits per heavy atom. The van der Waals surface area contributed by atoms with E-state index in [0.717, 1.165) is 9.26 Å². The molecule has 0 fully saturated rings. The molecule has 1 N–H and O–H groups in total. The molecule has 0 bridgehead atoms. The lowest BCUT2D eigenvalue weighted by Crippen LogP contribution is -2.01. The van der Waals surface area contributed by atoms with Crippen molar-refractivity contribution in [1.82, 2.24) is 0 Å². The van der Waals surface area contributed by atoms with Gasteiger partial charge in [0.2, 0.25) is 0 Å². The quantitative estimate of drug-likeness (QED) is 0.782. The molecular weight excluding hydrogens is 352 g/mol. The molecule has 2 aromatic carbocycles. The first-order valence-electron chi connectivity index (χ1n) is 5.08. The fourth-order valence-electron chi connectivity index (χ4n) is 1.47. The smallest absolute Gasteiger partial charge is 0.128 e. The second kappa shape index (κ2) is 5.69. The molecule has 0 saturated carbocycles. The number of rotatable bonds is 3. The molecular formula is C13H10ClFIN. The summed E-state index contributed by atoms with van der Waals surface area (Å²) in [6, 6.07) is 12.5. The summed E-state index contributed by atoms with van der Waals surface area (Å²) in [6.07, 6.45) is 0. The van der Waals surface area contributed by atoms with Crippen LogP contribution in [0.15, 0.2) is 42.5 Å². The fraction of sp³-hybridized carbons (Fsp3) is 0.0769. The topological polar surface area (TPSA) is 12.0 Å². The molecule has 0 atom stereocenters. The molecule has 0 aliphatic heterocycles. The van der Waals surface area contributed by atoms with Crippen LogP contribution in [0.2, 0.25) is 5.02 Å². The molecule has 0 saturated heterocycles. The van der Waals surface area contributed by atoms with E-state index in [1.807, 2.05) is 24.3 Å². The van der Waals surface area contributed by atoms with Gasteiger partial charge in [0.05, 0.1) is 0 Å². The maximum absolute atomic E-state index is 13.5. The zero-order valence-electron chi connectivity index (χ0n) is 8.88. The van der Waals surface area contributed by atoms with Gasteiger partial charge in [-0.25, -0.2) is 4.39 Å². The summed E-state index contributed by atoms with van der Waals surface area (Å²) in [5.74, 6) is -0.243. The lowest BCUT2D eigenvalue weighted by molar-refractivity contribution is 0.613. The minimum absolute atomic E-state index is 0.243. The van der Waals surface area contributed by atoms with Gasteiger partial charge in [0, 0.05) is 26.4 Å². The van der Waals surface area contributed by atoms with E-state index in [0.29, 0.717) is 17.1 Å². The van der Waals surface area contributed by atoms with Crippen LogP contribution < -0.4 is 5.32 Å². The summed E-state index contributed by atoms with van der Waals surface area (Å²) in [5.41, 5.74) is 1.53. The molecule has 0 aliphatic carbocycles. The number of hydrogen-bond donors (Lipinski definition) is 1. The van der Waals surface area contributed by atoms with E-state index < -0.39 is 0 Å². The Hall–Kier alpha value is -0.810. The Kier molecular flexibility index (Phi) is 4.23. The minimum atomic E-state index is -0.243. The van der Waals surface area contributed by atoms with Crippen molar-refractivity contribution in [2.75, 3.05) is 5.32 Å². The maximum atomic E-state index is 13.5. The monoisotopic (exact) mass is 361 g/mol. The van der Waals surface area contributed by atoms with Gasteiger partial charge in [0.1, 0.15) is 5.82 Å². The van der Waals surface area contributed by atoms with Crippen LogP contribution in [-0.2, 0) is 6.54 Å². The standard InChI is InChI=1S/C13H10ClFIN/c14-10-4-5-13(15)9(6-10)8-17-12-3-1-2-11(16)7-12/h1-7,17H,8H2. The fourth-order valence-corrected chi connectivity index (χ4v) is 2.21. The van der Waals surface area contributed by atoms with E-state index in [1.54, 1.807) is 12.1 Å². The van der Waals surface area contributed by atoms with Gasteiger partial charge in [-0.1, -0.05) is 17.7 Å². The summed E-state index contributed by atoms with van der Waals surface area (Å²) < 4.78 is 14.6. The lowest BCUT2D eigenvalue weighted by Gasteiger charge is -2.08. The second-order valence-corrected chi connectivity index (χ2v) is 5.28. The highest BCUT2D eigenvalue weighted by Gasteiger charge is 2.02. The van der Waals surface area contributed by atoms with Crippen LogP contribution in [0.4, 0.5) is 10.1 Å². The number of hydrogen-bond acceptors (Lipinski definition) is 1. The van der Waals surface area contributed by atoms with Gasteiger partial charge in [-0.3, -0.25) is 0 Å². The summed E-state index contributed by atoms with van der Waals surface area (Å²) >= 11 is 8.06. The normalized spacial score (nSPS) is 10.3. The van der Waals surface area contributed by atoms with Gasteiger partial charge < -0.3 is 5.32 Å². The highest BCUT2D eigenvalue weighted by Crippen LogP contribution is 2.17. The Balaban J connectivity index is 2.09. The van der Waals surface area contributed by atoms with Crippen molar-refractivity contribution >= 4 is 39.9 Å². The molecule has 0 radical (unpaired) electrons. The summed E-state index contributed by atoms with van der Waals surface area (Å²) in [4.78, 5) is 0. The molecule has 4 heteroatoms. The van der Waals surface area contributed by atoms with Crippen molar-refractivity contribution in [3.8, 4) is 0 Å². The summed E-state index contributed by atoms with van der Waals surface area (Å²) in [5, 5.41) is 3.71. The highest BCUT2D eigenvalue weighted by atomic mass is 127. The van der Waals surface area contributed by atoms with Gasteiger partial charge in [0.15, 0.2) is 0 Å². The van der Waals surface area contributed by atoms with Gasteiger partial charge in [0.25, 0.3) is 0 Å². The number of halogens is 3. The van der Waals surface area contributed by atoms with Crippen LogP contribution in [0.1, 0.15) is 5.56 Å². The van der Waals surface area contributed by atoms with Crippen molar-refractivity contribution in [1.29, 1.82) is 0 Å². The van der Waals surface area contributed by atoms with Crippen molar-refractivity contribution in [2.24, 2.45) is 0 Å². The first-order valence-corrected chi connectivity index (χ1v) is 6.54. The maximum Gasteiger partial charge on any atom is 0.128 e. The second-order valence-electron chi connectivity index (χ2n) is 3.60. The molecule has 88 valence electrons. The molecule has 0 aromatic heterocycles. The third kappa shape index (κ3) is 3.57. The van der Waals surface area contributed by atoms with E-state index in [9.17, 15) is 4.39 Å². The van der Waals surface area contributed by atoms with E-state index in [2.05, 4.69) is 27.9 Å². The Bertz CT molecular complexity index is 531. The highest BCUT2D eigenvalue weighted by molar-refractivity contribution is 14.1. The third-order valence-corrected chi connectivity index (χ3v) is 3.22. The molecule has 0 unspecified atom stereocenters. The zero-order valence-corrected chi connectivity index (χ0v) is 11.8. The Morgan fingerprint density at radius 1 is 1.18 bits per heavy atom. The van der Waals surface area contributed by atoms with Crippen molar-refractivity contribution in [3.05, 3.63) is 62.4 Å². The van der Waals surface area contributed by atoms with E-state index in [1.165, 1.54) is 6.07 Å². The molecule has 17 heavy (non-hydrogen) atoms.